The number of benzene rings is 2. The number of ether oxygens (including phenoxy) is 3. The molecule has 2 aromatic carbocycles. The largest absolute Gasteiger partial charge is 0.487 e. The third-order valence-corrected chi connectivity index (χ3v) is 7.76. The first-order chi connectivity index (χ1) is 14.4. The molecule has 30 heavy (non-hydrogen) atoms. The Morgan fingerprint density at radius 2 is 1.87 bits per heavy atom. The fourth-order valence-electron chi connectivity index (χ4n) is 6.13. The van der Waals surface area contributed by atoms with Crippen LogP contribution in [0.15, 0.2) is 54.6 Å². The third kappa shape index (κ3) is 2.90. The molecule has 1 amide bonds. The lowest BCUT2D eigenvalue weighted by Gasteiger charge is -2.63. The molecule has 3 aliphatic rings. The van der Waals surface area contributed by atoms with Crippen LogP contribution in [-0.2, 0) is 9.47 Å². The molecule has 158 valence electrons. The standard InChI is InChI=1S/C25H29NO4/c1-16-13-24(3)21-17(2)25(16,15-29-23(27)26-18-9-5-4-6-10-18)14-28-22(21)19-11-7-8-12-20(19)30-24/h4-12,16-17,21-22H,13-15H2,1-3H3,(H,26,27)/t16-,17-,21+,22+,24+,25-/m0/s1. The lowest BCUT2D eigenvalue weighted by Crippen LogP contribution is -2.66. The lowest BCUT2D eigenvalue weighted by molar-refractivity contribution is -0.259. The van der Waals surface area contributed by atoms with Crippen molar-refractivity contribution >= 4 is 11.8 Å². The van der Waals surface area contributed by atoms with Crippen LogP contribution < -0.4 is 10.1 Å². The predicted molar refractivity (Wildman–Crippen MR) is 114 cm³/mol. The van der Waals surface area contributed by atoms with Gasteiger partial charge in [-0.05, 0) is 43.4 Å². The topological polar surface area (TPSA) is 56.8 Å². The molecule has 0 unspecified atom stereocenters. The molecule has 2 aliphatic heterocycles. The summed E-state index contributed by atoms with van der Waals surface area (Å²) in [5.41, 5.74) is 1.37. The fraction of sp³-hybridized carbons (Fsp3) is 0.480. The monoisotopic (exact) mass is 407 g/mol. The van der Waals surface area contributed by atoms with Gasteiger partial charge in [0.2, 0.25) is 0 Å². The second-order valence-corrected chi connectivity index (χ2v) is 9.40. The summed E-state index contributed by atoms with van der Waals surface area (Å²) in [6, 6.07) is 17.6. The molecule has 1 N–H and O–H groups in total. The molecular weight excluding hydrogens is 378 g/mol. The molecule has 2 bridgehead atoms. The highest BCUT2D eigenvalue weighted by atomic mass is 16.6. The van der Waals surface area contributed by atoms with E-state index in [1.807, 2.05) is 48.5 Å². The second-order valence-electron chi connectivity index (χ2n) is 9.40. The smallest absolute Gasteiger partial charge is 0.411 e. The molecule has 5 nitrogen and oxygen atoms in total. The van der Waals surface area contributed by atoms with E-state index < -0.39 is 6.09 Å². The molecule has 5 heteroatoms. The number of nitrogens with one attached hydrogen (secondary N) is 1. The van der Waals surface area contributed by atoms with E-state index in [1.54, 1.807) is 0 Å². The molecule has 5 rings (SSSR count). The van der Waals surface area contributed by atoms with Crippen LogP contribution in [-0.4, -0.2) is 24.9 Å². The van der Waals surface area contributed by atoms with Crippen molar-refractivity contribution in [2.75, 3.05) is 18.5 Å². The van der Waals surface area contributed by atoms with Gasteiger partial charge in [-0.2, -0.15) is 0 Å². The molecular formula is C25H29NO4. The minimum absolute atomic E-state index is 0.0220. The molecule has 2 heterocycles. The second kappa shape index (κ2) is 7.02. The van der Waals surface area contributed by atoms with Crippen LogP contribution in [0.2, 0.25) is 0 Å². The van der Waals surface area contributed by atoms with Crippen LogP contribution in [0.4, 0.5) is 10.5 Å². The maximum absolute atomic E-state index is 12.4. The predicted octanol–water partition coefficient (Wildman–Crippen LogP) is 5.44. The first-order valence-electron chi connectivity index (χ1n) is 10.8. The number of amides is 1. The summed E-state index contributed by atoms with van der Waals surface area (Å²) in [5, 5.41) is 2.82. The summed E-state index contributed by atoms with van der Waals surface area (Å²) < 4.78 is 18.8. The maximum Gasteiger partial charge on any atom is 0.411 e. The molecule has 1 saturated carbocycles. The molecule has 0 radical (unpaired) electrons. The zero-order valence-electron chi connectivity index (χ0n) is 17.8. The maximum atomic E-state index is 12.4. The Bertz CT molecular complexity index is 947. The van der Waals surface area contributed by atoms with Crippen molar-refractivity contribution in [1.82, 2.24) is 0 Å². The van der Waals surface area contributed by atoms with Gasteiger partial charge in [0, 0.05) is 22.6 Å². The molecule has 0 aromatic heterocycles. The summed E-state index contributed by atoms with van der Waals surface area (Å²) in [5.74, 6) is 1.75. The number of fused-ring (bicyclic) bond motifs is 3. The Hall–Kier alpha value is -2.53. The number of carbonyl (C=O) groups is 1. The number of rotatable bonds is 3. The van der Waals surface area contributed by atoms with E-state index in [0.29, 0.717) is 25.0 Å². The Kier molecular flexibility index (Phi) is 4.55. The molecule has 1 aliphatic carbocycles. The normalized spacial score (nSPS) is 36.2. The molecule has 6 atom stereocenters. The van der Waals surface area contributed by atoms with Gasteiger partial charge < -0.3 is 14.2 Å². The fourth-order valence-corrected chi connectivity index (χ4v) is 6.13. The van der Waals surface area contributed by atoms with Gasteiger partial charge >= 0.3 is 6.09 Å². The van der Waals surface area contributed by atoms with E-state index in [9.17, 15) is 4.79 Å². The molecule has 2 fully saturated rings. The van der Waals surface area contributed by atoms with E-state index in [4.69, 9.17) is 14.2 Å². The Morgan fingerprint density at radius 3 is 2.67 bits per heavy atom. The SMILES string of the molecule is C[C@H]1C[C@@]2(C)Oc3ccccc3[C@H]3OC[C@@]1(COC(=O)Nc1ccccc1)[C@@H](C)[C@H]32. The number of anilines is 1. The van der Waals surface area contributed by atoms with Crippen molar-refractivity contribution in [3.05, 3.63) is 60.2 Å². The Labute approximate surface area is 177 Å². The van der Waals surface area contributed by atoms with Crippen molar-refractivity contribution in [2.45, 2.75) is 38.9 Å². The van der Waals surface area contributed by atoms with E-state index in [-0.39, 0.29) is 23.0 Å². The van der Waals surface area contributed by atoms with E-state index in [2.05, 4.69) is 32.2 Å². The molecule has 0 spiro atoms. The quantitative estimate of drug-likeness (QED) is 0.736. The van der Waals surface area contributed by atoms with Gasteiger partial charge in [0.15, 0.2) is 0 Å². The first kappa shape index (κ1) is 19.4. The van der Waals surface area contributed by atoms with Gasteiger partial charge in [0.25, 0.3) is 0 Å². The first-order valence-corrected chi connectivity index (χ1v) is 10.8. The van der Waals surface area contributed by atoms with Crippen LogP contribution in [0.3, 0.4) is 0 Å². The van der Waals surface area contributed by atoms with Gasteiger partial charge in [-0.25, -0.2) is 4.79 Å². The minimum atomic E-state index is -0.421. The van der Waals surface area contributed by atoms with Crippen LogP contribution in [0, 0.1) is 23.2 Å². The molecule has 1 saturated heterocycles. The van der Waals surface area contributed by atoms with Crippen molar-refractivity contribution in [3.8, 4) is 5.75 Å². The minimum Gasteiger partial charge on any atom is -0.487 e. The van der Waals surface area contributed by atoms with Crippen LogP contribution in [0.1, 0.15) is 38.9 Å². The summed E-state index contributed by atoms with van der Waals surface area (Å²) in [7, 11) is 0. The number of carbonyl (C=O) groups excluding carboxylic acids is 1. The van der Waals surface area contributed by atoms with E-state index >= 15 is 0 Å². The highest BCUT2D eigenvalue weighted by molar-refractivity contribution is 5.84. The van der Waals surface area contributed by atoms with Gasteiger partial charge in [-0.1, -0.05) is 50.2 Å². The Morgan fingerprint density at radius 1 is 1.13 bits per heavy atom. The van der Waals surface area contributed by atoms with Gasteiger partial charge in [0.05, 0.1) is 12.7 Å². The summed E-state index contributed by atoms with van der Waals surface area (Å²) in [4.78, 5) is 12.4. The third-order valence-electron chi connectivity index (χ3n) is 7.76. The van der Waals surface area contributed by atoms with E-state index in [0.717, 1.165) is 23.4 Å². The number of hydrogen-bond acceptors (Lipinski definition) is 4. The van der Waals surface area contributed by atoms with Crippen molar-refractivity contribution in [1.29, 1.82) is 0 Å². The van der Waals surface area contributed by atoms with Gasteiger partial charge in [-0.15, -0.1) is 0 Å². The zero-order valence-corrected chi connectivity index (χ0v) is 17.8. The summed E-state index contributed by atoms with van der Waals surface area (Å²) in [6.07, 6.45) is 0.518. The zero-order chi connectivity index (χ0) is 20.9. The molecule has 2 aromatic rings. The summed E-state index contributed by atoms with van der Waals surface area (Å²) >= 11 is 0. The lowest BCUT2D eigenvalue weighted by atomic mass is 9.50. The number of hydrogen-bond donors (Lipinski definition) is 1. The van der Waals surface area contributed by atoms with E-state index in [1.165, 1.54) is 0 Å². The van der Waals surface area contributed by atoms with Crippen molar-refractivity contribution < 1.29 is 19.0 Å². The van der Waals surface area contributed by atoms with Crippen LogP contribution in [0.5, 0.6) is 5.75 Å². The Balaban J connectivity index is 1.38. The number of para-hydroxylation sites is 2. The highest BCUT2D eigenvalue weighted by Crippen LogP contribution is 2.63. The van der Waals surface area contributed by atoms with Gasteiger partial charge in [0.1, 0.15) is 18.0 Å². The highest BCUT2D eigenvalue weighted by Gasteiger charge is 2.64. The van der Waals surface area contributed by atoms with Crippen molar-refractivity contribution in [2.24, 2.45) is 23.2 Å². The van der Waals surface area contributed by atoms with Crippen LogP contribution in [0.25, 0.3) is 0 Å². The average Bonchev–Trinajstić information content (AvgIpc) is 2.73. The van der Waals surface area contributed by atoms with Gasteiger partial charge in [-0.3, -0.25) is 5.32 Å². The van der Waals surface area contributed by atoms with Crippen molar-refractivity contribution in [3.63, 3.8) is 0 Å². The van der Waals surface area contributed by atoms with Crippen LogP contribution >= 0.6 is 0 Å². The summed E-state index contributed by atoms with van der Waals surface area (Å²) in [6.45, 7) is 7.66. The average molecular weight is 408 g/mol.